The van der Waals surface area contributed by atoms with Crippen LogP contribution in [0.25, 0.3) is 21.7 Å². The molecule has 0 atom stereocenters. The first-order chi connectivity index (χ1) is 11.7. The number of hydrogen-bond donors (Lipinski definition) is 0. The smallest absolute Gasteiger partial charge is 0.408 e. The molecule has 0 aliphatic rings. The molecule has 0 N–H and O–H groups in total. The van der Waals surface area contributed by atoms with E-state index < -0.39 is 11.3 Å². The van der Waals surface area contributed by atoms with Gasteiger partial charge in [0.15, 0.2) is 0 Å². The summed E-state index contributed by atoms with van der Waals surface area (Å²) in [6.45, 7) is 0. The number of benzene rings is 2. The number of rotatable bonds is 2. The molecule has 6 nitrogen and oxygen atoms in total. The van der Waals surface area contributed by atoms with Crippen LogP contribution >= 0.6 is 0 Å². The normalized spacial score (nSPS) is 11.5. The van der Waals surface area contributed by atoms with Gasteiger partial charge in [-0.3, -0.25) is 9.78 Å². The molecule has 0 aliphatic carbocycles. The van der Waals surface area contributed by atoms with Gasteiger partial charge in [0.1, 0.15) is 5.58 Å². The zero-order chi connectivity index (χ0) is 16.5. The maximum Gasteiger partial charge on any atom is 0.443 e. The van der Waals surface area contributed by atoms with Crippen molar-refractivity contribution >= 4 is 28.0 Å². The Bertz CT molecular complexity index is 1190. The third-order valence-corrected chi connectivity index (χ3v) is 3.63. The third-order valence-electron chi connectivity index (χ3n) is 3.63. The number of hydrogen-bond acceptors (Lipinski definition) is 5. The fourth-order valence-electron chi connectivity index (χ4n) is 2.47. The zero-order valence-electron chi connectivity index (χ0n) is 12.4. The van der Waals surface area contributed by atoms with Gasteiger partial charge in [0.05, 0.1) is 17.3 Å². The molecule has 2 aromatic carbocycles. The molecular weight excluding hydrogens is 306 g/mol. The summed E-state index contributed by atoms with van der Waals surface area (Å²) in [5.41, 5.74) is 0.245. The summed E-state index contributed by atoms with van der Waals surface area (Å²) >= 11 is 0. The minimum Gasteiger partial charge on any atom is -0.408 e. The molecule has 0 spiro atoms. The number of pyridine rings is 1. The van der Waals surface area contributed by atoms with Crippen molar-refractivity contribution in [2.24, 2.45) is 5.10 Å². The Morgan fingerprint density at radius 1 is 1.00 bits per heavy atom. The molecule has 0 bridgehead atoms. The van der Waals surface area contributed by atoms with Crippen molar-refractivity contribution in [3.63, 3.8) is 0 Å². The first kappa shape index (κ1) is 14.1. The van der Waals surface area contributed by atoms with Gasteiger partial charge in [-0.15, -0.1) is 4.68 Å². The van der Waals surface area contributed by atoms with Gasteiger partial charge in [-0.25, -0.2) is 4.79 Å². The van der Waals surface area contributed by atoms with Gasteiger partial charge in [0.2, 0.25) is 0 Å². The van der Waals surface area contributed by atoms with Gasteiger partial charge in [-0.1, -0.05) is 30.3 Å². The molecule has 4 rings (SSSR count). The fraction of sp³-hybridized carbons (Fsp3) is 0. The van der Waals surface area contributed by atoms with E-state index in [1.807, 2.05) is 24.3 Å². The Morgan fingerprint density at radius 3 is 2.50 bits per heavy atom. The van der Waals surface area contributed by atoms with Gasteiger partial charge in [0.25, 0.3) is 5.56 Å². The maximum atomic E-state index is 12.6. The van der Waals surface area contributed by atoms with Crippen LogP contribution in [-0.2, 0) is 0 Å². The van der Waals surface area contributed by atoms with E-state index in [0.29, 0.717) is 15.8 Å². The Balaban J connectivity index is 1.93. The van der Waals surface area contributed by atoms with Gasteiger partial charge < -0.3 is 4.42 Å². The van der Waals surface area contributed by atoms with Crippen LogP contribution in [0.1, 0.15) is 5.69 Å². The lowest BCUT2D eigenvalue weighted by molar-refractivity contribution is 0.481. The minimum atomic E-state index is -0.838. The van der Waals surface area contributed by atoms with E-state index in [1.54, 1.807) is 36.5 Å². The van der Waals surface area contributed by atoms with Crippen LogP contribution in [-0.4, -0.2) is 15.9 Å². The number of fused-ring (bicyclic) bond motifs is 2. The lowest BCUT2D eigenvalue weighted by Crippen LogP contribution is -2.29. The lowest BCUT2D eigenvalue weighted by Gasteiger charge is -2.02. The van der Waals surface area contributed by atoms with Gasteiger partial charge in [-0.2, -0.15) is 5.10 Å². The molecule has 0 radical (unpaired) electrons. The summed E-state index contributed by atoms with van der Waals surface area (Å²) in [6.07, 6.45) is 2.93. The molecule has 0 saturated carbocycles. The van der Waals surface area contributed by atoms with Gasteiger partial charge in [-0.05, 0) is 35.0 Å². The van der Waals surface area contributed by atoms with E-state index >= 15 is 0 Å². The number of aromatic nitrogens is 2. The Kier molecular flexibility index (Phi) is 3.28. The highest BCUT2D eigenvalue weighted by Gasteiger charge is 2.10. The second-order valence-electron chi connectivity index (χ2n) is 5.18. The van der Waals surface area contributed by atoms with Crippen LogP contribution in [0.3, 0.4) is 0 Å². The molecule has 0 unspecified atom stereocenters. The predicted molar refractivity (Wildman–Crippen MR) is 91.5 cm³/mol. The average Bonchev–Trinajstić information content (AvgIpc) is 2.61. The van der Waals surface area contributed by atoms with Crippen molar-refractivity contribution in [1.29, 1.82) is 0 Å². The predicted octanol–water partition coefficient (Wildman–Crippen LogP) is 2.39. The zero-order valence-corrected chi connectivity index (χ0v) is 12.4. The molecular formula is C18H11N3O3. The fourth-order valence-corrected chi connectivity index (χ4v) is 2.47. The summed E-state index contributed by atoms with van der Waals surface area (Å²) < 4.78 is 5.94. The summed E-state index contributed by atoms with van der Waals surface area (Å²) in [5, 5.41) is 5.99. The van der Waals surface area contributed by atoms with E-state index in [4.69, 9.17) is 4.42 Å². The van der Waals surface area contributed by atoms with Crippen molar-refractivity contribution < 1.29 is 4.42 Å². The largest absolute Gasteiger partial charge is 0.443 e. The van der Waals surface area contributed by atoms with Crippen LogP contribution < -0.4 is 11.3 Å². The molecule has 0 fully saturated rings. The van der Waals surface area contributed by atoms with Crippen molar-refractivity contribution in [2.75, 3.05) is 0 Å². The summed E-state index contributed by atoms with van der Waals surface area (Å²) in [6, 6.07) is 16.2. The van der Waals surface area contributed by atoms with Crippen molar-refractivity contribution in [3.8, 4) is 0 Å². The van der Waals surface area contributed by atoms with Crippen LogP contribution in [0.15, 0.2) is 79.9 Å². The highest BCUT2D eigenvalue weighted by atomic mass is 16.4. The molecule has 4 aromatic rings. The Hall–Kier alpha value is -3.54. The number of nitrogens with zero attached hydrogens (tertiary/aromatic N) is 3. The SMILES string of the molecule is O=c1oc2cc3ccccc3cc2c(=O)n1/N=C/c1ccccn1. The molecule has 2 heterocycles. The van der Waals surface area contributed by atoms with Crippen LogP contribution in [0, 0.1) is 0 Å². The summed E-state index contributed by atoms with van der Waals surface area (Å²) in [7, 11) is 0. The second-order valence-corrected chi connectivity index (χ2v) is 5.18. The molecule has 116 valence electrons. The molecule has 0 saturated heterocycles. The Labute approximate surface area is 135 Å². The molecule has 0 aliphatic heterocycles. The van der Waals surface area contributed by atoms with Gasteiger partial charge in [0, 0.05) is 6.20 Å². The summed E-state index contributed by atoms with van der Waals surface area (Å²) in [4.78, 5) is 28.7. The van der Waals surface area contributed by atoms with Gasteiger partial charge >= 0.3 is 5.76 Å². The molecule has 6 heteroatoms. The van der Waals surface area contributed by atoms with Crippen LogP contribution in [0.2, 0.25) is 0 Å². The van der Waals surface area contributed by atoms with E-state index in [9.17, 15) is 9.59 Å². The molecule has 24 heavy (non-hydrogen) atoms. The van der Waals surface area contributed by atoms with E-state index in [2.05, 4.69) is 10.1 Å². The monoisotopic (exact) mass is 317 g/mol. The highest BCUT2D eigenvalue weighted by Crippen LogP contribution is 2.19. The minimum absolute atomic E-state index is 0.244. The highest BCUT2D eigenvalue weighted by molar-refractivity contribution is 5.95. The van der Waals surface area contributed by atoms with E-state index in [-0.39, 0.29) is 5.58 Å². The molecule has 0 amide bonds. The Morgan fingerprint density at radius 2 is 1.75 bits per heavy atom. The third kappa shape index (κ3) is 2.40. The molecule has 2 aromatic heterocycles. The lowest BCUT2D eigenvalue weighted by atomic mass is 10.1. The van der Waals surface area contributed by atoms with Crippen LogP contribution in [0.4, 0.5) is 0 Å². The first-order valence-corrected chi connectivity index (χ1v) is 7.26. The quantitative estimate of drug-likeness (QED) is 0.420. The van der Waals surface area contributed by atoms with E-state index in [0.717, 1.165) is 10.8 Å². The second kappa shape index (κ2) is 5.58. The standard InChI is InChI=1S/C18H11N3O3/c22-17-15-9-12-5-1-2-6-13(12)10-16(15)24-18(23)21(17)20-11-14-7-3-4-8-19-14/h1-11H/b20-11+. The maximum absolute atomic E-state index is 12.6. The van der Waals surface area contributed by atoms with Crippen molar-refractivity contribution in [1.82, 2.24) is 9.66 Å². The van der Waals surface area contributed by atoms with Crippen molar-refractivity contribution in [3.05, 3.63) is 87.4 Å². The van der Waals surface area contributed by atoms with E-state index in [1.165, 1.54) is 6.21 Å². The van der Waals surface area contributed by atoms with Crippen molar-refractivity contribution in [2.45, 2.75) is 0 Å². The van der Waals surface area contributed by atoms with Crippen LogP contribution in [0.5, 0.6) is 0 Å². The summed E-state index contributed by atoms with van der Waals surface area (Å²) in [5.74, 6) is -0.838. The first-order valence-electron chi connectivity index (χ1n) is 7.26. The average molecular weight is 317 g/mol. The topological polar surface area (TPSA) is 77.5 Å².